The number of anilines is 2. The Balaban J connectivity index is 1.27. The third kappa shape index (κ3) is 4.45. The standard InChI is InChI=1S/C33H33F7N6O/c1-16-23(33(38,39)40)19(10-21(41)24(16)35)27-26(37)28-20(13-42-27)29(46-7-2-3-18-9-22(46)25(18)36)44-30(43-28)47-15-32-11-17(12-34)14-45(32)8-6-31(32)4-5-31/h10,12-13,18,22,25H,2-9,11,14-15,41H2,1H3/b17-12+/t18?,22?,25-,32-/m0/s1. The van der Waals surface area contributed by atoms with Gasteiger partial charge in [-0.25, -0.2) is 17.6 Å². The molecule has 2 aromatic heterocycles. The molecule has 14 heteroatoms. The van der Waals surface area contributed by atoms with Gasteiger partial charge >= 0.3 is 12.2 Å². The number of hydrogen-bond donors (Lipinski definition) is 1. The number of aromatic nitrogens is 3. The van der Waals surface area contributed by atoms with Gasteiger partial charge in [0.1, 0.15) is 35.6 Å². The first-order valence-electron chi connectivity index (χ1n) is 16.0. The van der Waals surface area contributed by atoms with E-state index in [2.05, 4.69) is 19.9 Å². The molecule has 1 spiro atoms. The van der Waals surface area contributed by atoms with E-state index >= 15 is 8.78 Å². The second kappa shape index (κ2) is 10.4. The third-order valence-electron chi connectivity index (χ3n) is 11.5. The highest BCUT2D eigenvalue weighted by molar-refractivity contribution is 5.92. The molecule has 3 aromatic rings. The molecule has 0 radical (unpaired) electrons. The van der Waals surface area contributed by atoms with Crippen molar-refractivity contribution in [3.8, 4) is 17.3 Å². The number of nitrogens with zero attached hydrogens (tertiary/aromatic N) is 5. The van der Waals surface area contributed by atoms with Crippen molar-refractivity contribution >= 4 is 22.4 Å². The molecule has 2 aliphatic carbocycles. The second-order valence-corrected chi connectivity index (χ2v) is 13.9. The Hall–Kier alpha value is -3.68. The van der Waals surface area contributed by atoms with Crippen LogP contribution in [0.2, 0.25) is 0 Å². The molecule has 0 amide bonds. The smallest absolute Gasteiger partial charge is 0.417 e. The van der Waals surface area contributed by atoms with Gasteiger partial charge in [-0.15, -0.1) is 0 Å². The summed E-state index contributed by atoms with van der Waals surface area (Å²) in [6.07, 6.45) is 0.928. The molecular weight excluding hydrogens is 629 g/mol. The monoisotopic (exact) mass is 662 g/mol. The maximum atomic E-state index is 16.6. The van der Waals surface area contributed by atoms with Crippen molar-refractivity contribution in [1.82, 2.24) is 19.9 Å². The third-order valence-corrected chi connectivity index (χ3v) is 11.5. The lowest BCUT2D eigenvalue weighted by Gasteiger charge is -2.43. The number of alkyl halides is 4. The van der Waals surface area contributed by atoms with Crippen LogP contribution in [-0.2, 0) is 6.18 Å². The van der Waals surface area contributed by atoms with E-state index in [9.17, 15) is 22.0 Å². The minimum absolute atomic E-state index is 0.0404. The number of ether oxygens (including phenoxy) is 1. The Morgan fingerprint density at radius 3 is 2.62 bits per heavy atom. The van der Waals surface area contributed by atoms with Gasteiger partial charge in [0.15, 0.2) is 5.82 Å². The van der Waals surface area contributed by atoms with Crippen molar-refractivity contribution < 1.29 is 35.5 Å². The molecule has 7 nitrogen and oxygen atoms in total. The Morgan fingerprint density at radius 1 is 1.13 bits per heavy atom. The van der Waals surface area contributed by atoms with Gasteiger partial charge in [0.05, 0.1) is 34.5 Å². The van der Waals surface area contributed by atoms with E-state index in [1.54, 1.807) is 4.90 Å². The van der Waals surface area contributed by atoms with Gasteiger partial charge in [0, 0.05) is 24.8 Å². The van der Waals surface area contributed by atoms with E-state index in [1.165, 1.54) is 6.20 Å². The van der Waals surface area contributed by atoms with Crippen LogP contribution in [-0.4, -0.2) is 63.8 Å². The number of hydrogen-bond acceptors (Lipinski definition) is 7. The van der Waals surface area contributed by atoms with E-state index in [1.807, 2.05) is 0 Å². The number of pyridine rings is 1. The van der Waals surface area contributed by atoms with Crippen molar-refractivity contribution in [3.05, 3.63) is 46.9 Å². The average molecular weight is 663 g/mol. The lowest BCUT2D eigenvalue weighted by Crippen LogP contribution is -2.52. The van der Waals surface area contributed by atoms with Gasteiger partial charge in [-0.2, -0.15) is 23.1 Å². The fourth-order valence-electron chi connectivity index (χ4n) is 8.84. The van der Waals surface area contributed by atoms with E-state index in [0.717, 1.165) is 38.8 Å². The maximum absolute atomic E-state index is 16.6. The van der Waals surface area contributed by atoms with Crippen LogP contribution < -0.4 is 15.4 Å². The highest BCUT2D eigenvalue weighted by Gasteiger charge is 2.67. The van der Waals surface area contributed by atoms with Gasteiger partial charge in [-0.1, -0.05) is 0 Å². The minimum atomic E-state index is -5.05. The predicted molar refractivity (Wildman–Crippen MR) is 160 cm³/mol. The zero-order valence-corrected chi connectivity index (χ0v) is 25.6. The van der Waals surface area contributed by atoms with E-state index in [-0.39, 0.29) is 40.7 Å². The van der Waals surface area contributed by atoms with Crippen molar-refractivity contribution in [1.29, 1.82) is 0 Å². The van der Waals surface area contributed by atoms with E-state index < -0.39 is 63.6 Å². The molecule has 6 fully saturated rings. The highest BCUT2D eigenvalue weighted by atomic mass is 19.4. The lowest BCUT2D eigenvalue weighted by molar-refractivity contribution is -0.137. The molecule has 2 saturated carbocycles. The predicted octanol–water partition coefficient (Wildman–Crippen LogP) is 7.07. The minimum Gasteiger partial charge on any atom is -0.461 e. The van der Waals surface area contributed by atoms with E-state index in [4.69, 9.17) is 10.5 Å². The number of nitrogens with two attached hydrogens (primary N) is 1. The van der Waals surface area contributed by atoms with Crippen LogP contribution in [0.1, 0.15) is 56.1 Å². The second-order valence-electron chi connectivity index (χ2n) is 13.9. The van der Waals surface area contributed by atoms with Crippen molar-refractivity contribution in [2.24, 2.45) is 11.3 Å². The summed E-state index contributed by atoms with van der Waals surface area (Å²) in [7, 11) is 0. The number of benzene rings is 1. The summed E-state index contributed by atoms with van der Waals surface area (Å²) in [6.45, 7) is 2.70. The number of nitrogen functional groups attached to an aromatic ring is 1. The molecule has 1 aromatic carbocycles. The molecular formula is C33H33F7N6O. The molecule has 250 valence electrons. The molecule has 9 rings (SSSR count). The van der Waals surface area contributed by atoms with Crippen molar-refractivity contribution in [2.75, 3.05) is 36.9 Å². The van der Waals surface area contributed by atoms with Crippen LogP contribution in [0.4, 0.5) is 42.2 Å². The molecule has 4 aliphatic heterocycles. The van der Waals surface area contributed by atoms with Crippen LogP contribution in [0.5, 0.6) is 6.01 Å². The normalized spacial score (nSPS) is 29.0. The average Bonchev–Trinajstić information content (AvgIpc) is 3.76. The van der Waals surface area contributed by atoms with Gasteiger partial charge in [-0.05, 0) is 87.0 Å². The SMILES string of the molecule is Cc1c(F)c(N)cc(-c2ncc3c(N4CCCC5CC4[C@H]5F)nc(OC[C@]45C/C(=C\F)CN4CCC54CC4)nc3c2F)c1C(F)(F)F. The van der Waals surface area contributed by atoms with Gasteiger partial charge in [0.25, 0.3) is 0 Å². The van der Waals surface area contributed by atoms with Crippen LogP contribution in [0.25, 0.3) is 22.2 Å². The molecule has 2 bridgehead atoms. The zero-order chi connectivity index (χ0) is 33.0. The summed E-state index contributed by atoms with van der Waals surface area (Å²) in [4.78, 5) is 17.1. The largest absolute Gasteiger partial charge is 0.461 e. The number of fused-ring (bicyclic) bond motifs is 6. The Morgan fingerprint density at radius 2 is 1.91 bits per heavy atom. The molecule has 2 unspecified atom stereocenters. The molecule has 4 atom stereocenters. The Bertz CT molecular complexity index is 1830. The van der Waals surface area contributed by atoms with Gasteiger partial charge in [-0.3, -0.25) is 9.88 Å². The van der Waals surface area contributed by atoms with Crippen LogP contribution in [0.3, 0.4) is 0 Å². The first kappa shape index (κ1) is 30.6. The highest BCUT2D eigenvalue weighted by Crippen LogP contribution is 2.66. The molecule has 6 aliphatic rings. The first-order chi connectivity index (χ1) is 22.4. The van der Waals surface area contributed by atoms with Crippen molar-refractivity contribution in [2.45, 2.75) is 75.8 Å². The molecule has 2 N–H and O–H groups in total. The van der Waals surface area contributed by atoms with Gasteiger partial charge in [0.2, 0.25) is 0 Å². The quantitative estimate of drug-likeness (QED) is 0.231. The topological polar surface area (TPSA) is 80.4 Å². The summed E-state index contributed by atoms with van der Waals surface area (Å²) >= 11 is 0. The summed E-state index contributed by atoms with van der Waals surface area (Å²) < 4.78 is 109. The summed E-state index contributed by atoms with van der Waals surface area (Å²) in [5, 5.41) is 0.0827. The number of rotatable bonds is 5. The first-order valence-corrected chi connectivity index (χ1v) is 16.0. The van der Waals surface area contributed by atoms with E-state index in [0.29, 0.717) is 50.7 Å². The number of halogens is 7. The zero-order valence-electron chi connectivity index (χ0n) is 25.6. The summed E-state index contributed by atoms with van der Waals surface area (Å²) in [5.74, 6) is -2.35. The lowest BCUT2D eigenvalue weighted by atomic mass is 9.76. The van der Waals surface area contributed by atoms with Crippen LogP contribution in [0, 0.1) is 29.9 Å². The summed E-state index contributed by atoms with van der Waals surface area (Å²) in [5.41, 5.74) is 1.23. The Labute approximate surface area is 266 Å². The maximum Gasteiger partial charge on any atom is 0.417 e. The van der Waals surface area contributed by atoms with Crippen LogP contribution in [0.15, 0.2) is 24.2 Å². The fraction of sp³-hybridized carbons (Fsp3) is 0.545. The van der Waals surface area contributed by atoms with Crippen molar-refractivity contribution in [3.63, 3.8) is 0 Å². The summed E-state index contributed by atoms with van der Waals surface area (Å²) in [6, 6.07) is -0.0179. The van der Waals surface area contributed by atoms with Gasteiger partial charge < -0.3 is 15.4 Å². The molecule has 6 heterocycles. The van der Waals surface area contributed by atoms with Crippen LogP contribution >= 0.6 is 0 Å². The molecule has 4 saturated heterocycles. The Kier molecular flexibility index (Phi) is 6.79. The fourth-order valence-corrected chi connectivity index (χ4v) is 8.84. The molecule has 47 heavy (non-hydrogen) atoms.